The number of carbonyl (C=O) groups is 1. The first-order valence-electron chi connectivity index (χ1n) is 6.43. The van der Waals surface area contributed by atoms with Crippen molar-refractivity contribution >= 4 is 23.1 Å². The van der Waals surface area contributed by atoms with Crippen molar-refractivity contribution in [3.8, 4) is 6.07 Å². The third-order valence-corrected chi connectivity index (χ3v) is 3.60. The Hall–Kier alpha value is -2.71. The number of benzene rings is 2. The van der Waals surface area contributed by atoms with Crippen molar-refractivity contribution in [1.82, 2.24) is 0 Å². The number of rotatable bonds is 5. The number of Topliss-reactive ketones (excluding diaryl/α,β-unsaturated/α-hetero) is 1. The van der Waals surface area contributed by atoms with Gasteiger partial charge in [0.15, 0.2) is 5.78 Å². The van der Waals surface area contributed by atoms with Crippen LogP contribution in [-0.4, -0.2) is 10.7 Å². The highest BCUT2D eigenvalue weighted by molar-refractivity contribution is 6.33. The lowest BCUT2D eigenvalue weighted by Gasteiger charge is -2.10. The first-order valence-corrected chi connectivity index (χ1v) is 6.81. The van der Waals surface area contributed by atoms with Crippen LogP contribution in [0.5, 0.6) is 0 Å². The average molecular weight is 315 g/mol. The molecule has 2 rings (SSSR count). The van der Waals surface area contributed by atoms with E-state index in [0.29, 0.717) is 0 Å². The third-order valence-electron chi connectivity index (χ3n) is 3.19. The van der Waals surface area contributed by atoms with Crippen LogP contribution >= 0.6 is 11.6 Å². The van der Waals surface area contributed by atoms with E-state index < -0.39 is 10.8 Å². The van der Waals surface area contributed by atoms with Gasteiger partial charge in [-0.05, 0) is 5.56 Å². The van der Waals surface area contributed by atoms with E-state index in [2.05, 4.69) is 0 Å². The summed E-state index contributed by atoms with van der Waals surface area (Å²) < 4.78 is 0. The quantitative estimate of drug-likeness (QED) is 0.622. The molecule has 0 amide bonds. The summed E-state index contributed by atoms with van der Waals surface area (Å²) in [6.07, 6.45) is 0.0675. The smallest absolute Gasteiger partial charge is 0.288 e. The average Bonchev–Trinajstić information content (AvgIpc) is 2.50. The normalized spacial score (nSPS) is 11.5. The van der Waals surface area contributed by atoms with Crippen LogP contribution in [0.1, 0.15) is 17.0 Å². The number of hydrogen-bond donors (Lipinski definition) is 0. The largest absolute Gasteiger partial charge is 0.297 e. The molecule has 22 heavy (non-hydrogen) atoms. The molecule has 0 saturated carbocycles. The third kappa shape index (κ3) is 3.30. The summed E-state index contributed by atoms with van der Waals surface area (Å²) in [5.74, 6) is -1.48. The van der Waals surface area contributed by atoms with Gasteiger partial charge in [0.05, 0.1) is 11.0 Å². The van der Waals surface area contributed by atoms with E-state index in [0.717, 1.165) is 5.56 Å². The van der Waals surface area contributed by atoms with Crippen molar-refractivity contribution < 1.29 is 9.72 Å². The van der Waals surface area contributed by atoms with Gasteiger partial charge >= 0.3 is 0 Å². The lowest BCUT2D eigenvalue weighted by Crippen LogP contribution is -2.14. The molecule has 0 aliphatic rings. The van der Waals surface area contributed by atoms with Crippen LogP contribution in [0.15, 0.2) is 48.5 Å². The topological polar surface area (TPSA) is 84.0 Å². The van der Waals surface area contributed by atoms with E-state index in [-0.39, 0.29) is 28.5 Å². The lowest BCUT2D eigenvalue weighted by molar-refractivity contribution is -0.384. The molecule has 0 bridgehead atoms. The van der Waals surface area contributed by atoms with Crippen molar-refractivity contribution in [3.05, 3.63) is 74.8 Å². The number of nitriles is 1. The minimum absolute atomic E-state index is 0.0675. The lowest BCUT2D eigenvalue weighted by atomic mass is 9.92. The maximum Gasteiger partial charge on any atom is 0.288 e. The fourth-order valence-electron chi connectivity index (χ4n) is 2.12. The number of nitrogens with zero attached hydrogens (tertiary/aromatic N) is 2. The van der Waals surface area contributed by atoms with Crippen molar-refractivity contribution in [2.75, 3.05) is 0 Å². The maximum absolute atomic E-state index is 12.3. The highest BCUT2D eigenvalue weighted by Crippen LogP contribution is 2.33. The number of ketones is 1. The minimum atomic E-state index is -1.13. The van der Waals surface area contributed by atoms with E-state index >= 15 is 0 Å². The summed E-state index contributed by atoms with van der Waals surface area (Å²) >= 11 is 5.98. The molecule has 6 heteroatoms. The Morgan fingerprint density at radius 1 is 1.23 bits per heavy atom. The van der Waals surface area contributed by atoms with Gasteiger partial charge in [0.25, 0.3) is 5.69 Å². The van der Waals surface area contributed by atoms with Gasteiger partial charge in [0.2, 0.25) is 0 Å². The second-order valence-electron chi connectivity index (χ2n) is 4.63. The molecule has 5 nitrogen and oxygen atoms in total. The summed E-state index contributed by atoms with van der Waals surface area (Å²) in [6, 6.07) is 15.0. The van der Waals surface area contributed by atoms with E-state index in [1.807, 2.05) is 12.1 Å². The van der Waals surface area contributed by atoms with Gasteiger partial charge in [-0.1, -0.05) is 54.1 Å². The van der Waals surface area contributed by atoms with E-state index in [1.165, 1.54) is 18.2 Å². The first kappa shape index (κ1) is 15.7. The monoisotopic (exact) mass is 314 g/mol. The molecule has 2 aromatic rings. The SMILES string of the molecule is N#CC(C(=O)Cc1ccccc1)c1cccc([N+](=O)[O-])c1Cl. The first-order chi connectivity index (χ1) is 10.5. The van der Waals surface area contributed by atoms with Crippen molar-refractivity contribution in [1.29, 1.82) is 5.26 Å². The number of nitro benzene ring substituents is 1. The summed E-state index contributed by atoms with van der Waals surface area (Å²) in [5.41, 5.74) is 0.625. The van der Waals surface area contributed by atoms with Gasteiger partial charge in [-0.2, -0.15) is 5.26 Å². The van der Waals surface area contributed by atoms with Crippen LogP contribution < -0.4 is 0 Å². The second kappa shape index (κ2) is 6.83. The highest BCUT2D eigenvalue weighted by Gasteiger charge is 2.26. The Balaban J connectivity index is 2.33. The van der Waals surface area contributed by atoms with Crippen LogP contribution in [0.2, 0.25) is 5.02 Å². The Bertz CT molecular complexity index is 754. The van der Waals surface area contributed by atoms with Gasteiger partial charge in [-0.15, -0.1) is 0 Å². The van der Waals surface area contributed by atoms with Gasteiger partial charge in [0.1, 0.15) is 10.9 Å². The molecule has 1 unspecified atom stereocenters. The molecular formula is C16H11ClN2O3. The molecule has 0 aromatic heterocycles. The van der Waals surface area contributed by atoms with E-state index in [4.69, 9.17) is 11.6 Å². The molecule has 0 saturated heterocycles. The molecule has 0 N–H and O–H groups in total. The van der Waals surface area contributed by atoms with Crippen LogP contribution in [0.3, 0.4) is 0 Å². The van der Waals surface area contributed by atoms with Crippen molar-refractivity contribution in [2.45, 2.75) is 12.3 Å². The number of halogens is 1. The van der Waals surface area contributed by atoms with E-state index in [9.17, 15) is 20.2 Å². The van der Waals surface area contributed by atoms with Gasteiger partial charge < -0.3 is 0 Å². The fourth-order valence-corrected chi connectivity index (χ4v) is 2.42. The number of carbonyl (C=O) groups excluding carboxylic acids is 1. The van der Waals surface area contributed by atoms with Crippen molar-refractivity contribution in [2.24, 2.45) is 0 Å². The molecule has 0 radical (unpaired) electrons. The Kier molecular flexibility index (Phi) is 4.87. The maximum atomic E-state index is 12.3. The van der Waals surface area contributed by atoms with Crippen LogP contribution in [0.25, 0.3) is 0 Å². The predicted octanol–water partition coefficient (Wildman–Crippen LogP) is 3.67. The number of hydrogen-bond acceptors (Lipinski definition) is 4. The second-order valence-corrected chi connectivity index (χ2v) is 5.01. The van der Waals surface area contributed by atoms with Crippen molar-refractivity contribution in [3.63, 3.8) is 0 Å². The Morgan fingerprint density at radius 3 is 2.50 bits per heavy atom. The van der Waals surface area contributed by atoms with Crippen LogP contribution in [0, 0.1) is 21.4 Å². The van der Waals surface area contributed by atoms with E-state index in [1.54, 1.807) is 24.3 Å². The van der Waals surface area contributed by atoms with Crippen LogP contribution in [0.4, 0.5) is 5.69 Å². The number of nitro groups is 1. The summed E-state index contributed by atoms with van der Waals surface area (Å²) in [6.45, 7) is 0. The van der Waals surface area contributed by atoms with Crippen LogP contribution in [-0.2, 0) is 11.2 Å². The zero-order chi connectivity index (χ0) is 16.1. The summed E-state index contributed by atoms with van der Waals surface area (Å²) in [5, 5.41) is 20.0. The molecular weight excluding hydrogens is 304 g/mol. The predicted molar refractivity (Wildman–Crippen MR) is 81.6 cm³/mol. The van der Waals surface area contributed by atoms with Gasteiger partial charge in [0, 0.05) is 18.1 Å². The zero-order valence-corrected chi connectivity index (χ0v) is 12.2. The fraction of sp³-hybridized carbons (Fsp3) is 0.125. The molecule has 1 atom stereocenters. The molecule has 0 spiro atoms. The molecule has 0 aliphatic carbocycles. The molecule has 0 fully saturated rings. The van der Waals surface area contributed by atoms with Gasteiger partial charge in [-0.25, -0.2) is 0 Å². The molecule has 0 heterocycles. The standard InChI is InChI=1S/C16H11ClN2O3/c17-16-12(7-4-8-14(16)19(21)22)13(10-18)15(20)9-11-5-2-1-3-6-11/h1-8,13H,9H2. The Morgan fingerprint density at radius 2 is 1.91 bits per heavy atom. The van der Waals surface area contributed by atoms with Gasteiger partial charge in [-0.3, -0.25) is 14.9 Å². The molecule has 2 aromatic carbocycles. The summed E-state index contributed by atoms with van der Waals surface area (Å²) in [7, 11) is 0. The summed E-state index contributed by atoms with van der Waals surface area (Å²) in [4.78, 5) is 22.6. The minimum Gasteiger partial charge on any atom is -0.297 e. The zero-order valence-electron chi connectivity index (χ0n) is 11.4. The molecule has 0 aliphatic heterocycles. The highest BCUT2D eigenvalue weighted by atomic mass is 35.5. The molecule has 110 valence electrons. The Labute approximate surface area is 131 Å².